The maximum Gasteiger partial charge on any atom is 0.305 e. The van der Waals surface area contributed by atoms with Crippen molar-refractivity contribution in [2.75, 3.05) is 11.9 Å². The van der Waals surface area contributed by atoms with Gasteiger partial charge in [0.05, 0.1) is 6.61 Å². The molecule has 0 heterocycles. The maximum atomic E-state index is 10.9. The topological polar surface area (TPSA) is 26.3 Å². The quantitative estimate of drug-likeness (QED) is 0.263. The molecule has 18 heavy (non-hydrogen) atoms. The molecule has 0 spiro atoms. The highest BCUT2D eigenvalue weighted by Gasteiger charge is 1.97. The molecule has 0 saturated carbocycles. The number of unbranched alkanes of at least 4 members (excludes halogenated alkanes) is 9. The number of esters is 1. The molecule has 0 amide bonds. The van der Waals surface area contributed by atoms with Crippen LogP contribution in [0.5, 0.6) is 0 Å². The molecule has 3 heteroatoms. The zero-order valence-corrected chi connectivity index (χ0v) is 13.5. The average molecular weight is 321 g/mol. The van der Waals surface area contributed by atoms with Crippen LogP contribution in [0.15, 0.2) is 0 Å². The normalized spacial score (nSPS) is 10.6. The van der Waals surface area contributed by atoms with Crippen LogP contribution >= 0.6 is 15.9 Å². The van der Waals surface area contributed by atoms with Crippen LogP contribution in [-0.2, 0) is 9.53 Å². The van der Waals surface area contributed by atoms with Crippen molar-refractivity contribution in [3.63, 3.8) is 0 Å². The maximum absolute atomic E-state index is 10.9. The van der Waals surface area contributed by atoms with Crippen LogP contribution < -0.4 is 0 Å². The largest absolute Gasteiger partial charge is 0.466 e. The van der Waals surface area contributed by atoms with Crippen LogP contribution in [0, 0.1) is 0 Å². The van der Waals surface area contributed by atoms with Gasteiger partial charge >= 0.3 is 5.97 Å². The molecule has 0 unspecified atom stereocenters. The summed E-state index contributed by atoms with van der Waals surface area (Å²) < 4.78 is 5.03. The highest BCUT2D eigenvalue weighted by atomic mass is 79.9. The minimum atomic E-state index is -0.0709. The van der Waals surface area contributed by atoms with Crippen molar-refractivity contribution >= 4 is 21.9 Å². The van der Waals surface area contributed by atoms with Gasteiger partial charge in [-0.2, -0.15) is 0 Å². The summed E-state index contributed by atoms with van der Waals surface area (Å²) in [6.45, 7) is 2.44. The van der Waals surface area contributed by atoms with Gasteiger partial charge in [-0.05, 0) is 12.8 Å². The third-order valence-corrected chi connectivity index (χ3v) is 3.64. The number of carbonyl (C=O) groups excluding carboxylic acids is 1. The van der Waals surface area contributed by atoms with Crippen LogP contribution in [-0.4, -0.2) is 17.9 Å². The van der Waals surface area contributed by atoms with Gasteiger partial charge in [0.25, 0.3) is 0 Å². The molecule has 0 aromatic rings. The highest BCUT2D eigenvalue weighted by molar-refractivity contribution is 9.09. The lowest BCUT2D eigenvalue weighted by atomic mass is 10.1. The van der Waals surface area contributed by atoms with E-state index in [2.05, 4.69) is 15.9 Å². The molecule has 0 fully saturated rings. The van der Waals surface area contributed by atoms with Gasteiger partial charge in [-0.1, -0.05) is 74.2 Å². The molecular formula is C15H29BrO2. The van der Waals surface area contributed by atoms with Gasteiger partial charge in [0, 0.05) is 11.8 Å². The number of ether oxygens (including phenoxy) is 1. The second-order valence-electron chi connectivity index (χ2n) is 4.80. The molecule has 108 valence electrons. The Balaban J connectivity index is 2.97. The fraction of sp³-hybridized carbons (Fsp3) is 0.933. The van der Waals surface area contributed by atoms with Crippen molar-refractivity contribution in [2.45, 2.75) is 77.6 Å². The molecule has 2 nitrogen and oxygen atoms in total. The van der Waals surface area contributed by atoms with Gasteiger partial charge in [-0.15, -0.1) is 0 Å². The van der Waals surface area contributed by atoms with Crippen LogP contribution in [0.3, 0.4) is 0 Å². The summed E-state index contributed by atoms with van der Waals surface area (Å²) in [5.74, 6) is -0.0709. The number of alkyl halides is 1. The summed E-state index contributed by atoms with van der Waals surface area (Å²) in [7, 11) is 0. The van der Waals surface area contributed by atoms with Gasteiger partial charge in [0.15, 0.2) is 0 Å². The molecule has 0 aliphatic rings. The summed E-state index contributed by atoms with van der Waals surface area (Å²) in [5.41, 5.74) is 0. The third-order valence-electron chi connectivity index (χ3n) is 3.08. The predicted octanol–water partition coefficient (Wildman–Crippen LogP) is 5.24. The van der Waals surface area contributed by atoms with Gasteiger partial charge < -0.3 is 4.74 Å². The number of rotatable bonds is 13. The van der Waals surface area contributed by atoms with E-state index in [-0.39, 0.29) is 5.97 Å². The van der Waals surface area contributed by atoms with Crippen molar-refractivity contribution in [1.82, 2.24) is 0 Å². The van der Waals surface area contributed by atoms with Crippen molar-refractivity contribution in [3.8, 4) is 0 Å². The van der Waals surface area contributed by atoms with Crippen LogP contribution in [0.1, 0.15) is 77.6 Å². The Morgan fingerprint density at radius 1 is 0.833 bits per heavy atom. The number of hydrogen-bond acceptors (Lipinski definition) is 2. The molecule has 0 aromatic carbocycles. The Labute approximate surface area is 121 Å². The molecular weight excluding hydrogens is 292 g/mol. The van der Waals surface area contributed by atoms with Crippen molar-refractivity contribution in [2.24, 2.45) is 0 Å². The lowest BCUT2D eigenvalue weighted by Crippen LogP contribution is -2.03. The highest BCUT2D eigenvalue weighted by Crippen LogP contribution is 2.11. The van der Waals surface area contributed by atoms with E-state index in [1.54, 1.807) is 0 Å². The van der Waals surface area contributed by atoms with Crippen LogP contribution in [0.25, 0.3) is 0 Å². The summed E-state index contributed by atoms with van der Waals surface area (Å²) in [4.78, 5) is 10.9. The van der Waals surface area contributed by atoms with E-state index >= 15 is 0 Å². The first-order valence-electron chi connectivity index (χ1n) is 7.52. The smallest absolute Gasteiger partial charge is 0.305 e. The summed E-state index contributed by atoms with van der Waals surface area (Å²) >= 11 is 3.46. The zero-order valence-electron chi connectivity index (χ0n) is 11.9. The molecule has 0 N–H and O–H groups in total. The Morgan fingerprint density at radius 3 is 1.72 bits per heavy atom. The SMILES string of the molecule is CCC(=O)OCCCCCCCCCCCCBr. The molecule has 0 bridgehead atoms. The van der Waals surface area contributed by atoms with Crippen LogP contribution in [0.4, 0.5) is 0 Å². The van der Waals surface area contributed by atoms with Crippen molar-refractivity contribution in [3.05, 3.63) is 0 Å². The molecule has 0 aliphatic carbocycles. The van der Waals surface area contributed by atoms with E-state index in [4.69, 9.17) is 4.74 Å². The van der Waals surface area contributed by atoms with Crippen molar-refractivity contribution in [1.29, 1.82) is 0 Å². The van der Waals surface area contributed by atoms with E-state index in [0.717, 1.165) is 11.8 Å². The van der Waals surface area contributed by atoms with Gasteiger partial charge in [0.2, 0.25) is 0 Å². The molecule has 0 aliphatic heterocycles. The summed E-state index contributed by atoms with van der Waals surface area (Å²) in [6.07, 6.45) is 13.5. The van der Waals surface area contributed by atoms with E-state index in [0.29, 0.717) is 13.0 Å². The lowest BCUT2D eigenvalue weighted by molar-refractivity contribution is -0.143. The summed E-state index contributed by atoms with van der Waals surface area (Å²) in [6, 6.07) is 0. The minimum absolute atomic E-state index is 0.0709. The Hall–Kier alpha value is -0.0500. The van der Waals surface area contributed by atoms with Gasteiger partial charge in [-0.25, -0.2) is 0 Å². The number of carbonyl (C=O) groups is 1. The molecule has 0 aromatic heterocycles. The van der Waals surface area contributed by atoms with Gasteiger partial charge in [-0.3, -0.25) is 4.79 Å². The van der Waals surface area contributed by atoms with Crippen LogP contribution in [0.2, 0.25) is 0 Å². The fourth-order valence-corrected chi connectivity index (χ4v) is 2.30. The summed E-state index contributed by atoms with van der Waals surface area (Å²) in [5, 5.41) is 1.15. The predicted molar refractivity (Wildman–Crippen MR) is 81.2 cm³/mol. The Morgan fingerprint density at radius 2 is 1.28 bits per heavy atom. The molecule has 0 saturated heterocycles. The van der Waals surface area contributed by atoms with E-state index in [1.165, 1.54) is 57.8 Å². The monoisotopic (exact) mass is 320 g/mol. The number of halogens is 1. The molecule has 0 radical (unpaired) electrons. The zero-order chi connectivity index (χ0) is 13.5. The molecule has 0 rings (SSSR count). The standard InChI is InChI=1S/C15H29BrO2/c1-2-15(17)18-14-12-10-8-6-4-3-5-7-9-11-13-16/h2-14H2,1H3. The van der Waals surface area contributed by atoms with E-state index in [9.17, 15) is 4.79 Å². The van der Waals surface area contributed by atoms with E-state index < -0.39 is 0 Å². The average Bonchev–Trinajstić information content (AvgIpc) is 2.39. The lowest BCUT2D eigenvalue weighted by Gasteiger charge is -2.03. The first kappa shape index (κ1) is 17.9. The second kappa shape index (κ2) is 15.0. The minimum Gasteiger partial charge on any atom is -0.466 e. The number of hydrogen-bond donors (Lipinski definition) is 0. The third kappa shape index (κ3) is 14.0. The van der Waals surface area contributed by atoms with Gasteiger partial charge in [0.1, 0.15) is 0 Å². The van der Waals surface area contributed by atoms with E-state index in [1.807, 2.05) is 6.92 Å². The Bertz CT molecular complexity index is 183. The first-order valence-corrected chi connectivity index (χ1v) is 8.65. The second-order valence-corrected chi connectivity index (χ2v) is 5.59. The first-order chi connectivity index (χ1) is 8.81. The fourth-order valence-electron chi connectivity index (χ4n) is 1.90. The molecule has 0 atom stereocenters. The Kier molecular flexibility index (Phi) is 15.0. The van der Waals surface area contributed by atoms with Crippen molar-refractivity contribution < 1.29 is 9.53 Å².